The second kappa shape index (κ2) is 8.46. The molecule has 3 N–H and O–H groups in total. The van der Waals surface area contributed by atoms with Crippen LogP contribution in [0.25, 0.3) is 10.9 Å². The minimum absolute atomic E-state index is 0.0950. The molecule has 3 heterocycles. The number of carbonyl (C=O) groups excluding carboxylic acids is 1. The Morgan fingerprint density at radius 3 is 2.87 bits per heavy atom. The maximum absolute atomic E-state index is 14.6. The van der Waals surface area contributed by atoms with Crippen LogP contribution in [-0.2, 0) is 4.79 Å². The number of anilines is 3. The summed E-state index contributed by atoms with van der Waals surface area (Å²) in [6, 6.07) is 6.04. The zero-order valence-electron chi connectivity index (χ0n) is 16.3. The van der Waals surface area contributed by atoms with Crippen LogP contribution in [0.15, 0.2) is 49.2 Å². The summed E-state index contributed by atoms with van der Waals surface area (Å²) in [6.45, 7) is 1.77. The minimum Gasteiger partial charge on any atom is -0.480 e. The number of amides is 1. The third kappa shape index (κ3) is 4.40. The molecule has 0 aliphatic rings. The lowest BCUT2D eigenvalue weighted by atomic mass is 10.2. The molecule has 4 rings (SSSR count). The summed E-state index contributed by atoms with van der Waals surface area (Å²) in [7, 11) is 0. The van der Waals surface area contributed by atoms with Gasteiger partial charge in [-0.25, -0.2) is 24.3 Å². The Balaban J connectivity index is 1.54. The third-order valence-electron chi connectivity index (χ3n) is 4.30. The van der Waals surface area contributed by atoms with Crippen LogP contribution in [-0.4, -0.2) is 30.8 Å². The largest absolute Gasteiger partial charge is 0.480 e. The summed E-state index contributed by atoms with van der Waals surface area (Å²) in [6.07, 6.45) is 10.7. The van der Waals surface area contributed by atoms with Gasteiger partial charge in [-0.15, -0.1) is 6.42 Å². The molecule has 1 atom stereocenters. The SMILES string of the molecule is C#CC(=O)Nc1cc2ncnc(Nc3ccc(OC(C)c4ncc[nH]4)c(F)c3)c2cn1. The second-order valence-electron chi connectivity index (χ2n) is 6.41. The molecule has 3 aromatic heterocycles. The van der Waals surface area contributed by atoms with Crippen LogP contribution in [0, 0.1) is 18.2 Å². The fraction of sp³-hybridized carbons (Fsp3) is 0.0952. The number of benzene rings is 1. The molecule has 0 bridgehead atoms. The van der Waals surface area contributed by atoms with E-state index in [1.54, 1.807) is 31.5 Å². The number of halogens is 1. The predicted octanol–water partition coefficient (Wildman–Crippen LogP) is 3.34. The number of hydrogen-bond acceptors (Lipinski definition) is 7. The summed E-state index contributed by atoms with van der Waals surface area (Å²) in [5, 5.41) is 6.07. The van der Waals surface area contributed by atoms with E-state index in [9.17, 15) is 9.18 Å². The van der Waals surface area contributed by atoms with Crippen LogP contribution in [0.4, 0.5) is 21.7 Å². The van der Waals surface area contributed by atoms with Crippen molar-refractivity contribution < 1.29 is 13.9 Å². The maximum atomic E-state index is 14.6. The van der Waals surface area contributed by atoms with Crippen molar-refractivity contribution >= 4 is 34.1 Å². The molecule has 0 saturated carbocycles. The molecule has 1 amide bonds. The minimum atomic E-state index is -0.613. The molecular weight excluding hydrogens is 401 g/mol. The average molecular weight is 417 g/mol. The summed E-state index contributed by atoms with van der Waals surface area (Å²) >= 11 is 0. The van der Waals surface area contributed by atoms with Crippen LogP contribution in [0.5, 0.6) is 5.75 Å². The van der Waals surface area contributed by atoms with Gasteiger partial charge in [0.15, 0.2) is 17.7 Å². The highest BCUT2D eigenvalue weighted by molar-refractivity contribution is 6.04. The lowest BCUT2D eigenvalue weighted by Gasteiger charge is -2.14. The van der Waals surface area contributed by atoms with E-state index >= 15 is 0 Å². The average Bonchev–Trinajstić information content (AvgIpc) is 3.31. The molecule has 1 aromatic carbocycles. The Bertz CT molecular complexity index is 1280. The monoisotopic (exact) mass is 417 g/mol. The second-order valence-corrected chi connectivity index (χ2v) is 6.41. The highest BCUT2D eigenvalue weighted by Crippen LogP contribution is 2.28. The van der Waals surface area contributed by atoms with Gasteiger partial charge in [0.2, 0.25) is 0 Å². The van der Waals surface area contributed by atoms with Gasteiger partial charge in [0.05, 0.1) is 10.9 Å². The van der Waals surface area contributed by atoms with Crippen molar-refractivity contribution in [3.8, 4) is 18.1 Å². The molecule has 0 spiro atoms. The normalized spacial score (nSPS) is 11.5. The van der Waals surface area contributed by atoms with Crippen LogP contribution >= 0.6 is 0 Å². The van der Waals surface area contributed by atoms with Crippen LogP contribution in [0.2, 0.25) is 0 Å². The first-order chi connectivity index (χ1) is 15.0. The number of aromatic nitrogens is 5. The van der Waals surface area contributed by atoms with Crippen LogP contribution in [0.1, 0.15) is 18.9 Å². The first kappa shape index (κ1) is 19.8. The number of fused-ring (bicyclic) bond motifs is 1. The topological polar surface area (TPSA) is 118 Å². The molecule has 4 aromatic rings. The van der Waals surface area contributed by atoms with Crippen LogP contribution < -0.4 is 15.4 Å². The van der Waals surface area contributed by atoms with Gasteiger partial charge in [-0.2, -0.15) is 0 Å². The Morgan fingerprint density at radius 1 is 1.26 bits per heavy atom. The Morgan fingerprint density at radius 2 is 2.13 bits per heavy atom. The highest BCUT2D eigenvalue weighted by atomic mass is 19.1. The van der Waals surface area contributed by atoms with Crippen molar-refractivity contribution in [3.05, 3.63) is 60.8 Å². The smallest absolute Gasteiger partial charge is 0.301 e. The van der Waals surface area contributed by atoms with Gasteiger partial charge in [0, 0.05) is 36.4 Å². The number of H-pyrrole nitrogens is 1. The number of pyridine rings is 1. The van der Waals surface area contributed by atoms with Crippen molar-refractivity contribution in [1.29, 1.82) is 0 Å². The summed E-state index contributed by atoms with van der Waals surface area (Å²) in [5.74, 6) is 2.17. The van der Waals surface area contributed by atoms with E-state index in [0.29, 0.717) is 28.2 Å². The highest BCUT2D eigenvalue weighted by Gasteiger charge is 2.14. The number of nitrogens with one attached hydrogen (secondary N) is 3. The first-order valence-electron chi connectivity index (χ1n) is 9.14. The molecule has 31 heavy (non-hydrogen) atoms. The standard InChI is InChI=1S/C21H16FN7O2/c1-3-19(30)29-18-9-16-14(10-25-18)21(27-11-26-16)28-13-4-5-17(15(22)8-13)31-12(2)20-23-6-7-24-20/h1,4-12H,2H3,(H,23,24)(H,25,29,30)(H,26,27,28). The number of terminal acetylenes is 1. The van der Waals surface area contributed by atoms with Crippen molar-refractivity contribution in [2.75, 3.05) is 10.6 Å². The van der Waals surface area contributed by atoms with Crippen molar-refractivity contribution in [2.24, 2.45) is 0 Å². The van der Waals surface area contributed by atoms with E-state index in [-0.39, 0.29) is 11.6 Å². The Hall–Kier alpha value is -4.52. The fourth-order valence-electron chi connectivity index (χ4n) is 2.83. The van der Waals surface area contributed by atoms with E-state index in [4.69, 9.17) is 11.2 Å². The van der Waals surface area contributed by atoms with Crippen molar-refractivity contribution in [1.82, 2.24) is 24.9 Å². The number of hydrogen-bond donors (Lipinski definition) is 3. The van der Waals surface area contributed by atoms with Crippen molar-refractivity contribution in [3.63, 3.8) is 0 Å². The van der Waals surface area contributed by atoms with Crippen molar-refractivity contribution in [2.45, 2.75) is 13.0 Å². The molecular formula is C21H16FN7O2. The Kier molecular flexibility index (Phi) is 5.40. The van der Waals surface area contributed by atoms with Gasteiger partial charge in [-0.1, -0.05) is 0 Å². The number of rotatable bonds is 6. The van der Waals surface area contributed by atoms with Gasteiger partial charge < -0.3 is 15.0 Å². The number of carbonyl (C=O) groups is 1. The summed E-state index contributed by atoms with van der Waals surface area (Å²) in [5.41, 5.74) is 0.979. The van der Waals surface area contributed by atoms with E-state index in [2.05, 4.69) is 35.6 Å². The van der Waals surface area contributed by atoms with Gasteiger partial charge in [-0.05, 0) is 25.0 Å². The molecule has 154 valence electrons. The molecule has 0 saturated heterocycles. The fourth-order valence-corrected chi connectivity index (χ4v) is 2.83. The Labute approximate surface area is 176 Å². The zero-order valence-corrected chi connectivity index (χ0v) is 16.3. The number of ether oxygens (including phenoxy) is 1. The quantitative estimate of drug-likeness (QED) is 0.412. The predicted molar refractivity (Wildman–Crippen MR) is 112 cm³/mol. The molecule has 10 heteroatoms. The third-order valence-corrected chi connectivity index (χ3v) is 4.30. The molecule has 9 nitrogen and oxygen atoms in total. The van der Waals surface area contributed by atoms with Gasteiger partial charge in [-0.3, -0.25) is 10.1 Å². The number of aromatic amines is 1. The van der Waals surface area contributed by atoms with Gasteiger partial charge in [0.25, 0.3) is 0 Å². The molecule has 0 aliphatic carbocycles. The molecule has 0 radical (unpaired) electrons. The summed E-state index contributed by atoms with van der Waals surface area (Å²) < 4.78 is 20.2. The first-order valence-corrected chi connectivity index (χ1v) is 9.14. The van der Waals surface area contributed by atoms with E-state index in [0.717, 1.165) is 0 Å². The molecule has 0 fully saturated rings. The molecule has 0 aliphatic heterocycles. The lowest BCUT2D eigenvalue weighted by molar-refractivity contribution is -0.111. The maximum Gasteiger partial charge on any atom is 0.301 e. The molecule has 1 unspecified atom stereocenters. The number of imidazole rings is 1. The van der Waals surface area contributed by atoms with E-state index < -0.39 is 17.8 Å². The summed E-state index contributed by atoms with van der Waals surface area (Å²) in [4.78, 5) is 30.9. The van der Waals surface area contributed by atoms with Crippen LogP contribution in [0.3, 0.4) is 0 Å². The zero-order chi connectivity index (χ0) is 21.8. The van der Waals surface area contributed by atoms with Gasteiger partial charge in [0.1, 0.15) is 23.8 Å². The number of nitrogens with zero attached hydrogens (tertiary/aromatic N) is 4. The van der Waals surface area contributed by atoms with E-state index in [1.165, 1.54) is 24.7 Å². The van der Waals surface area contributed by atoms with Gasteiger partial charge >= 0.3 is 5.91 Å². The van der Waals surface area contributed by atoms with E-state index in [1.807, 2.05) is 5.92 Å². The lowest BCUT2D eigenvalue weighted by Crippen LogP contribution is -2.09.